The van der Waals surface area contributed by atoms with Gasteiger partial charge in [0, 0.05) is 25.1 Å². The number of nitrogens with one attached hydrogen (secondary N) is 2. The van der Waals surface area contributed by atoms with Gasteiger partial charge in [-0.2, -0.15) is 0 Å². The summed E-state index contributed by atoms with van der Waals surface area (Å²) in [6.45, 7) is 8.13. The van der Waals surface area contributed by atoms with E-state index in [-0.39, 0.29) is 23.9 Å². The zero-order valence-corrected chi connectivity index (χ0v) is 15.6. The molecule has 0 aromatic carbocycles. The number of carboxylic acids is 1. The summed E-state index contributed by atoms with van der Waals surface area (Å²) in [5, 5.41) is 13.9. The fourth-order valence-electron chi connectivity index (χ4n) is 2.32. The number of rotatable bonds is 7. The lowest BCUT2D eigenvalue weighted by molar-refractivity contribution is -0.142. The molecule has 26 heavy (non-hydrogen) atoms. The Labute approximate surface area is 152 Å². The molecule has 0 aliphatic rings. The van der Waals surface area contributed by atoms with Crippen molar-refractivity contribution in [2.75, 3.05) is 5.32 Å². The van der Waals surface area contributed by atoms with Gasteiger partial charge in [-0.1, -0.05) is 20.8 Å². The number of carboxylic acid groups (broad SMARTS) is 1. The third-order valence-electron chi connectivity index (χ3n) is 3.87. The van der Waals surface area contributed by atoms with Crippen molar-refractivity contribution < 1.29 is 24.3 Å². The van der Waals surface area contributed by atoms with E-state index < -0.39 is 29.3 Å². The van der Waals surface area contributed by atoms with Gasteiger partial charge >= 0.3 is 5.97 Å². The number of Topliss-reactive ketones (excluding diaryl/α,β-unsaturated/α-hetero) is 1. The van der Waals surface area contributed by atoms with Crippen molar-refractivity contribution in [2.45, 2.75) is 47.1 Å². The van der Waals surface area contributed by atoms with Crippen molar-refractivity contribution in [3.8, 4) is 0 Å². The molecule has 0 unspecified atom stereocenters. The zero-order valence-electron chi connectivity index (χ0n) is 15.6. The topological polar surface area (TPSA) is 125 Å². The second-order valence-electron chi connectivity index (χ2n) is 7.23. The van der Waals surface area contributed by atoms with E-state index in [0.29, 0.717) is 5.56 Å². The predicted molar refractivity (Wildman–Crippen MR) is 95.7 cm³/mol. The van der Waals surface area contributed by atoms with E-state index in [1.807, 2.05) is 20.8 Å². The lowest BCUT2D eigenvalue weighted by Crippen LogP contribution is -2.45. The highest BCUT2D eigenvalue weighted by atomic mass is 16.4. The molecule has 0 spiro atoms. The van der Waals surface area contributed by atoms with E-state index in [1.165, 1.54) is 32.2 Å². The van der Waals surface area contributed by atoms with Crippen LogP contribution < -0.4 is 10.6 Å². The molecule has 2 atom stereocenters. The highest BCUT2D eigenvalue weighted by molar-refractivity contribution is 6.00. The molecule has 1 rings (SSSR count). The van der Waals surface area contributed by atoms with Crippen LogP contribution in [0.1, 0.15) is 51.4 Å². The first kappa shape index (κ1) is 21.3. The molecule has 3 N–H and O–H groups in total. The molecular formula is C18H25N3O5. The summed E-state index contributed by atoms with van der Waals surface area (Å²) in [6.07, 6.45) is 1.31. The van der Waals surface area contributed by atoms with Crippen molar-refractivity contribution in [3.05, 3.63) is 23.9 Å². The summed E-state index contributed by atoms with van der Waals surface area (Å²) in [7, 11) is 0. The Hall–Kier alpha value is -2.77. The van der Waals surface area contributed by atoms with Gasteiger partial charge in [0.05, 0.1) is 5.92 Å². The second-order valence-corrected chi connectivity index (χ2v) is 7.23. The van der Waals surface area contributed by atoms with Gasteiger partial charge in [-0.25, -0.2) is 4.98 Å². The fourth-order valence-corrected chi connectivity index (χ4v) is 2.32. The molecule has 0 aliphatic carbocycles. The van der Waals surface area contributed by atoms with Crippen LogP contribution in [0.15, 0.2) is 18.3 Å². The van der Waals surface area contributed by atoms with Gasteiger partial charge in [0.2, 0.25) is 11.8 Å². The molecule has 0 aliphatic heterocycles. The van der Waals surface area contributed by atoms with Crippen LogP contribution in [0.2, 0.25) is 0 Å². The monoisotopic (exact) mass is 363 g/mol. The minimum absolute atomic E-state index is 0.0921. The summed E-state index contributed by atoms with van der Waals surface area (Å²) >= 11 is 0. The average Bonchev–Trinajstić information content (AvgIpc) is 2.50. The number of aliphatic carboxylic acids is 1. The van der Waals surface area contributed by atoms with Gasteiger partial charge < -0.3 is 15.7 Å². The van der Waals surface area contributed by atoms with E-state index in [4.69, 9.17) is 5.11 Å². The Kier molecular flexibility index (Phi) is 7.00. The number of carbonyl (C=O) groups is 4. The van der Waals surface area contributed by atoms with Gasteiger partial charge in [0.15, 0.2) is 5.78 Å². The Morgan fingerprint density at radius 3 is 2.35 bits per heavy atom. The number of hydrogen-bond acceptors (Lipinski definition) is 5. The van der Waals surface area contributed by atoms with E-state index in [9.17, 15) is 19.2 Å². The summed E-state index contributed by atoms with van der Waals surface area (Å²) in [5.74, 6) is -2.70. The van der Waals surface area contributed by atoms with E-state index in [1.54, 1.807) is 0 Å². The van der Waals surface area contributed by atoms with Crippen LogP contribution >= 0.6 is 0 Å². The van der Waals surface area contributed by atoms with Crippen LogP contribution in [0.4, 0.5) is 5.82 Å². The van der Waals surface area contributed by atoms with Crippen molar-refractivity contribution in [1.29, 1.82) is 0 Å². The number of hydrogen-bond donors (Lipinski definition) is 3. The average molecular weight is 363 g/mol. The maximum absolute atomic E-state index is 12.6. The maximum Gasteiger partial charge on any atom is 0.325 e. The summed E-state index contributed by atoms with van der Waals surface area (Å²) in [4.78, 5) is 51.1. The number of anilines is 1. The first-order valence-electron chi connectivity index (χ1n) is 8.22. The van der Waals surface area contributed by atoms with Gasteiger partial charge in [-0.05, 0) is 24.5 Å². The lowest BCUT2D eigenvalue weighted by atomic mass is 9.76. The smallest absolute Gasteiger partial charge is 0.325 e. The number of pyridine rings is 1. The first-order chi connectivity index (χ1) is 11.9. The molecule has 142 valence electrons. The van der Waals surface area contributed by atoms with Crippen LogP contribution in [0.3, 0.4) is 0 Å². The normalized spacial score (nSPS) is 13.4. The molecule has 2 amide bonds. The molecule has 8 nitrogen and oxygen atoms in total. The molecule has 1 heterocycles. The molecule has 0 bridgehead atoms. The lowest BCUT2D eigenvalue weighted by Gasteiger charge is -2.30. The largest absolute Gasteiger partial charge is 0.480 e. The third kappa shape index (κ3) is 6.27. The summed E-state index contributed by atoms with van der Waals surface area (Å²) in [6, 6.07) is 1.90. The molecule has 1 aromatic heterocycles. The van der Waals surface area contributed by atoms with Crippen LogP contribution in [0, 0.1) is 11.3 Å². The van der Waals surface area contributed by atoms with E-state index >= 15 is 0 Å². The van der Waals surface area contributed by atoms with E-state index in [0.717, 1.165) is 0 Å². The predicted octanol–water partition coefficient (Wildman–Crippen LogP) is 1.86. The number of amides is 2. The van der Waals surface area contributed by atoms with Gasteiger partial charge in [0.1, 0.15) is 11.9 Å². The van der Waals surface area contributed by atoms with Crippen LogP contribution in [0.5, 0.6) is 0 Å². The SMILES string of the molecule is CC(=O)Nc1cc(C(=O)C[C@H](C(=O)N[C@@H](C)C(=O)O)C(C)(C)C)ccn1. The fraction of sp³-hybridized carbons (Fsp3) is 0.500. The number of carbonyl (C=O) groups excluding carboxylic acids is 3. The van der Waals surface area contributed by atoms with Gasteiger partial charge in [-0.3, -0.25) is 19.2 Å². The van der Waals surface area contributed by atoms with E-state index in [2.05, 4.69) is 15.6 Å². The van der Waals surface area contributed by atoms with Crippen LogP contribution in [0.25, 0.3) is 0 Å². The second kappa shape index (κ2) is 8.55. The van der Waals surface area contributed by atoms with Crippen molar-refractivity contribution in [1.82, 2.24) is 10.3 Å². The molecule has 0 radical (unpaired) electrons. The quantitative estimate of drug-likeness (QED) is 0.635. The molecule has 8 heteroatoms. The van der Waals surface area contributed by atoms with Crippen molar-refractivity contribution >= 4 is 29.4 Å². The van der Waals surface area contributed by atoms with Gasteiger partial charge in [0.25, 0.3) is 0 Å². The third-order valence-corrected chi connectivity index (χ3v) is 3.87. The van der Waals surface area contributed by atoms with Crippen LogP contribution in [-0.2, 0) is 14.4 Å². The molecule has 1 aromatic rings. The Morgan fingerprint density at radius 2 is 1.85 bits per heavy atom. The molecule has 0 saturated carbocycles. The van der Waals surface area contributed by atoms with Crippen molar-refractivity contribution in [2.24, 2.45) is 11.3 Å². The number of nitrogens with zero attached hydrogens (tertiary/aromatic N) is 1. The molecular weight excluding hydrogens is 338 g/mol. The van der Waals surface area contributed by atoms with Crippen molar-refractivity contribution in [3.63, 3.8) is 0 Å². The first-order valence-corrected chi connectivity index (χ1v) is 8.22. The standard InChI is InChI=1S/C18H25N3O5/c1-10(17(25)26)20-16(24)13(18(3,4)5)9-14(23)12-6-7-19-15(8-12)21-11(2)22/h6-8,10,13H,9H2,1-5H3,(H,20,24)(H,25,26)(H,19,21,22)/t10-,13+/m0/s1. The summed E-state index contributed by atoms with van der Waals surface area (Å²) in [5.41, 5.74) is -0.233. The maximum atomic E-state index is 12.6. The minimum Gasteiger partial charge on any atom is -0.480 e. The number of ketones is 1. The summed E-state index contributed by atoms with van der Waals surface area (Å²) < 4.78 is 0. The highest BCUT2D eigenvalue weighted by Crippen LogP contribution is 2.30. The zero-order chi connectivity index (χ0) is 20.1. The number of aromatic nitrogens is 1. The Bertz CT molecular complexity index is 709. The molecule has 0 fully saturated rings. The highest BCUT2D eigenvalue weighted by Gasteiger charge is 2.34. The minimum atomic E-state index is -1.15. The molecule has 0 saturated heterocycles. The van der Waals surface area contributed by atoms with Gasteiger partial charge in [-0.15, -0.1) is 0 Å². The Morgan fingerprint density at radius 1 is 1.23 bits per heavy atom. The Balaban J connectivity index is 2.98. The van der Waals surface area contributed by atoms with Crippen LogP contribution in [-0.4, -0.2) is 39.7 Å².